The fraction of sp³-hybridized carbons (Fsp3) is 0.422. The third-order valence-electron chi connectivity index (χ3n) is 13.7. The molecule has 9 rings (SSSR count). The summed E-state index contributed by atoms with van der Waals surface area (Å²) in [5.74, 6) is -0.507. The summed E-state index contributed by atoms with van der Waals surface area (Å²) in [7, 11) is 0. The SMILES string of the molecule is CC1(C)CCC2(CC1)N([C@H](c1ccccc1)C(O)c1ccccc1)[C@@H](C(=O)NC1CCC(c3nnco3)CC1)[C@H](c1ccnc(Cl)c1)C21C(=O)Nc2cc(Cl)ncc21. The molecule has 5 aromatic rings. The fourth-order valence-corrected chi connectivity index (χ4v) is 11.3. The van der Waals surface area contributed by atoms with Crippen LogP contribution in [0.1, 0.15) is 117 Å². The van der Waals surface area contributed by atoms with E-state index < -0.39 is 35.1 Å². The number of anilines is 1. The standard InChI is InChI=1S/C45H47Cl2N7O4/c1-43(2)18-20-44(21-19-43)45(32-25-49-35(47)24-33(32)52-42(45)57)36(30-17-22-48-34(46)23-30)38(40(56)51-31-15-13-29(14-16-31)41-53-50-26-58-41)54(44)37(27-9-5-3-6-10-27)39(55)28-11-7-4-8-12-28/h3-12,17,22-26,29,31,36-39,55H,13-16,18-21H2,1-2H3,(H,51,56)(H,52,57)/t29?,31?,36-,37+,38+,39?,45?/m0/s1. The van der Waals surface area contributed by atoms with Gasteiger partial charge in [-0.1, -0.05) is 97.7 Å². The number of aromatic nitrogens is 4. The van der Waals surface area contributed by atoms with Crippen molar-refractivity contribution >= 4 is 40.7 Å². The van der Waals surface area contributed by atoms with Gasteiger partial charge in [0.05, 0.1) is 18.2 Å². The Morgan fingerprint density at radius 2 is 1.59 bits per heavy atom. The monoisotopic (exact) mass is 819 g/mol. The van der Waals surface area contributed by atoms with Crippen molar-refractivity contribution in [2.75, 3.05) is 5.32 Å². The van der Waals surface area contributed by atoms with E-state index in [0.717, 1.165) is 31.2 Å². The summed E-state index contributed by atoms with van der Waals surface area (Å²) >= 11 is 13.3. The van der Waals surface area contributed by atoms with Crippen molar-refractivity contribution < 1.29 is 19.1 Å². The van der Waals surface area contributed by atoms with Crippen molar-refractivity contribution in [1.82, 2.24) is 30.4 Å². The van der Waals surface area contributed by atoms with E-state index in [1.54, 1.807) is 24.5 Å². The van der Waals surface area contributed by atoms with Crippen LogP contribution in [0.3, 0.4) is 0 Å². The van der Waals surface area contributed by atoms with Gasteiger partial charge < -0.3 is 20.2 Å². The number of hydrogen-bond donors (Lipinski definition) is 3. The molecule has 2 aromatic carbocycles. The molecule has 2 amide bonds. The third-order valence-corrected chi connectivity index (χ3v) is 14.1. The molecule has 5 heterocycles. The molecule has 2 spiro atoms. The molecule has 0 radical (unpaired) electrons. The van der Waals surface area contributed by atoms with Crippen LogP contribution in [0.5, 0.6) is 0 Å². The van der Waals surface area contributed by atoms with Crippen LogP contribution >= 0.6 is 23.2 Å². The summed E-state index contributed by atoms with van der Waals surface area (Å²) in [6.07, 6.45) is 9.27. The Morgan fingerprint density at radius 3 is 2.24 bits per heavy atom. The number of hydrogen-bond acceptors (Lipinski definition) is 9. The van der Waals surface area contributed by atoms with E-state index >= 15 is 9.59 Å². The van der Waals surface area contributed by atoms with Crippen LogP contribution in [0, 0.1) is 5.41 Å². The van der Waals surface area contributed by atoms with Gasteiger partial charge in [0.2, 0.25) is 24.1 Å². The molecular weight excluding hydrogens is 773 g/mol. The number of benzene rings is 2. The van der Waals surface area contributed by atoms with Gasteiger partial charge in [0, 0.05) is 47.1 Å². The molecule has 58 heavy (non-hydrogen) atoms. The molecule has 3 N–H and O–H groups in total. The average Bonchev–Trinajstić information content (AvgIpc) is 3.93. The Morgan fingerprint density at radius 1 is 0.914 bits per heavy atom. The van der Waals surface area contributed by atoms with Crippen molar-refractivity contribution in [2.24, 2.45) is 5.41 Å². The van der Waals surface area contributed by atoms with E-state index in [-0.39, 0.29) is 39.5 Å². The van der Waals surface area contributed by atoms with E-state index in [9.17, 15) is 5.11 Å². The number of carbonyl (C=O) groups excluding carboxylic acids is 2. The van der Waals surface area contributed by atoms with E-state index in [2.05, 4.69) is 49.5 Å². The van der Waals surface area contributed by atoms with Crippen molar-refractivity contribution in [3.05, 3.63) is 136 Å². The Hall–Kier alpha value is -4.68. The number of amides is 2. The molecule has 3 fully saturated rings. The van der Waals surface area contributed by atoms with Crippen LogP contribution in [0.4, 0.5) is 5.69 Å². The molecule has 13 heteroatoms. The zero-order chi connectivity index (χ0) is 40.2. The van der Waals surface area contributed by atoms with E-state index in [1.165, 1.54) is 6.39 Å². The van der Waals surface area contributed by atoms with Crippen LogP contribution in [-0.2, 0) is 15.0 Å². The molecule has 11 nitrogen and oxygen atoms in total. The lowest BCUT2D eigenvalue weighted by molar-refractivity contribution is -0.137. The smallest absolute Gasteiger partial charge is 0.238 e. The van der Waals surface area contributed by atoms with Gasteiger partial charge in [0.15, 0.2) is 0 Å². The highest BCUT2D eigenvalue weighted by atomic mass is 35.5. The number of pyridine rings is 2. The van der Waals surface area contributed by atoms with Gasteiger partial charge in [-0.2, -0.15) is 0 Å². The van der Waals surface area contributed by atoms with Crippen LogP contribution in [0.2, 0.25) is 10.3 Å². The van der Waals surface area contributed by atoms with Gasteiger partial charge in [-0.05, 0) is 91.7 Å². The minimum Gasteiger partial charge on any atom is -0.428 e. The predicted octanol–water partition coefficient (Wildman–Crippen LogP) is 8.48. The number of nitrogens with zero attached hydrogens (tertiary/aromatic N) is 5. The maximum Gasteiger partial charge on any atom is 0.238 e. The topological polar surface area (TPSA) is 146 Å². The van der Waals surface area contributed by atoms with Crippen molar-refractivity contribution in [3.8, 4) is 0 Å². The average molecular weight is 821 g/mol. The van der Waals surface area contributed by atoms with Crippen LogP contribution < -0.4 is 10.6 Å². The number of likely N-dealkylation sites (tertiary alicyclic amines) is 1. The maximum atomic E-state index is 15.9. The van der Waals surface area contributed by atoms with Crippen molar-refractivity contribution in [3.63, 3.8) is 0 Å². The normalized spacial score (nSPS) is 27.2. The lowest BCUT2D eigenvalue weighted by Crippen LogP contribution is -2.64. The number of nitrogens with one attached hydrogen (secondary N) is 2. The molecule has 4 aliphatic rings. The summed E-state index contributed by atoms with van der Waals surface area (Å²) in [5.41, 5.74) is 1.06. The van der Waals surface area contributed by atoms with E-state index in [0.29, 0.717) is 54.0 Å². The number of rotatable bonds is 8. The maximum absolute atomic E-state index is 15.9. The lowest BCUT2D eigenvalue weighted by atomic mass is 9.53. The van der Waals surface area contributed by atoms with Crippen molar-refractivity contribution in [2.45, 2.75) is 112 Å². The Bertz CT molecular complexity index is 2280. The number of carbonyl (C=O) groups is 2. The second kappa shape index (κ2) is 15.2. The van der Waals surface area contributed by atoms with Gasteiger partial charge in [0.25, 0.3) is 0 Å². The number of aliphatic hydroxyl groups excluding tert-OH is 1. The minimum absolute atomic E-state index is 0.0403. The largest absolute Gasteiger partial charge is 0.428 e. The number of fused-ring (bicyclic) bond motifs is 3. The van der Waals surface area contributed by atoms with Gasteiger partial charge in [-0.25, -0.2) is 9.97 Å². The van der Waals surface area contributed by atoms with Gasteiger partial charge in [-0.3, -0.25) is 14.5 Å². The van der Waals surface area contributed by atoms with Crippen LogP contribution in [0.15, 0.2) is 102 Å². The molecule has 5 atom stereocenters. The highest BCUT2D eigenvalue weighted by molar-refractivity contribution is 6.30. The van der Waals surface area contributed by atoms with Crippen LogP contribution in [-0.4, -0.2) is 59.6 Å². The highest BCUT2D eigenvalue weighted by Crippen LogP contribution is 2.69. The first kappa shape index (κ1) is 38.8. The Kier molecular flexibility index (Phi) is 10.2. The summed E-state index contributed by atoms with van der Waals surface area (Å²) in [6.45, 7) is 4.52. The predicted molar refractivity (Wildman–Crippen MR) is 220 cm³/mol. The van der Waals surface area contributed by atoms with E-state index in [4.69, 9.17) is 27.6 Å². The van der Waals surface area contributed by atoms with Gasteiger partial charge in [0.1, 0.15) is 15.7 Å². The number of aliphatic hydroxyl groups is 1. The zero-order valence-corrected chi connectivity index (χ0v) is 34.0. The minimum atomic E-state index is -1.37. The molecule has 3 aromatic heterocycles. The molecule has 2 saturated carbocycles. The Labute approximate surface area is 348 Å². The second-order valence-electron chi connectivity index (χ2n) is 17.3. The first-order valence-corrected chi connectivity index (χ1v) is 21.0. The quantitative estimate of drug-likeness (QED) is 0.131. The Balaban J connectivity index is 1.29. The number of halogens is 2. The first-order valence-electron chi connectivity index (χ1n) is 20.2. The fourth-order valence-electron chi connectivity index (χ4n) is 11.0. The van der Waals surface area contributed by atoms with Crippen molar-refractivity contribution in [1.29, 1.82) is 0 Å². The first-order chi connectivity index (χ1) is 28.0. The third kappa shape index (κ3) is 6.42. The van der Waals surface area contributed by atoms with Crippen LogP contribution in [0.25, 0.3) is 0 Å². The van der Waals surface area contributed by atoms with Gasteiger partial charge >= 0.3 is 0 Å². The van der Waals surface area contributed by atoms with Gasteiger partial charge in [-0.15, -0.1) is 10.2 Å². The molecular formula is C45H47Cl2N7O4. The lowest BCUT2D eigenvalue weighted by Gasteiger charge is -2.56. The summed E-state index contributed by atoms with van der Waals surface area (Å²) in [5, 5.41) is 28.2. The molecule has 2 aliphatic carbocycles. The van der Waals surface area contributed by atoms with E-state index in [1.807, 2.05) is 66.7 Å². The summed E-state index contributed by atoms with van der Waals surface area (Å²) in [6, 6.07) is 23.0. The summed E-state index contributed by atoms with van der Waals surface area (Å²) in [4.78, 5) is 42.7. The molecule has 0 bridgehead atoms. The molecule has 2 aliphatic heterocycles. The molecule has 2 unspecified atom stereocenters. The molecule has 1 saturated heterocycles. The summed E-state index contributed by atoms with van der Waals surface area (Å²) < 4.78 is 5.56. The highest BCUT2D eigenvalue weighted by Gasteiger charge is 2.77. The molecule has 300 valence electrons. The second-order valence-corrected chi connectivity index (χ2v) is 18.1. The zero-order valence-electron chi connectivity index (χ0n) is 32.5.